The first kappa shape index (κ1) is 52.9. The van der Waals surface area contributed by atoms with Crippen LogP contribution in [0, 0.1) is 0 Å². The molecule has 0 aliphatic heterocycles. The second-order valence-corrected chi connectivity index (χ2v) is 15.5. The number of hydrogen-bond acceptors (Lipinski definition) is 8. The minimum absolute atomic E-state index is 0. The van der Waals surface area contributed by atoms with Crippen molar-refractivity contribution in [2.75, 3.05) is 54.6 Å². The number of ether oxygens (including phenoxy) is 4. The van der Waals surface area contributed by atoms with Crippen LogP contribution in [-0.4, -0.2) is 59.1 Å². The largest absolute Gasteiger partial charge is 0.781 e. The van der Waals surface area contributed by atoms with E-state index in [0.29, 0.717) is 19.6 Å². The molecular weight excluding hydrogens is 841 g/mol. The molecule has 0 amide bonds. The van der Waals surface area contributed by atoms with E-state index in [1.807, 2.05) is 97.1 Å². The molecule has 10 heteroatoms. The van der Waals surface area contributed by atoms with Gasteiger partial charge in [0.1, 0.15) is 23.0 Å². The molecule has 4 aromatic rings. The second kappa shape index (κ2) is 30.0. The zero-order valence-corrected chi connectivity index (χ0v) is 40.0. The fourth-order valence-corrected chi connectivity index (χ4v) is 7.15. The van der Waals surface area contributed by atoms with E-state index in [-0.39, 0.29) is 16.5 Å². The maximum atomic E-state index is 5.45. The Hall–Kier alpha value is -3.11. The summed E-state index contributed by atoms with van der Waals surface area (Å²) in [6.45, 7) is 15.0. The Bertz CT molecular complexity index is 1490. The van der Waals surface area contributed by atoms with Crippen molar-refractivity contribution in [1.82, 2.24) is 0 Å². The zero-order chi connectivity index (χ0) is 42.1. The molecule has 0 heterocycles. The molecule has 5 nitrogen and oxygen atoms in total. The minimum atomic E-state index is 0. The van der Waals surface area contributed by atoms with Crippen molar-refractivity contribution in [2.24, 2.45) is 0 Å². The molecule has 0 spiro atoms. The number of quaternary nitrogens is 1. The van der Waals surface area contributed by atoms with Gasteiger partial charge in [-0.1, -0.05) is 102 Å². The molecule has 0 atom stereocenters. The van der Waals surface area contributed by atoms with Crippen LogP contribution >= 0.6 is 0 Å². The third-order valence-electron chi connectivity index (χ3n) is 9.77. The topological polar surface area (TPSA) is 36.9 Å². The third-order valence-corrected chi connectivity index (χ3v) is 11.8. The zero-order valence-electron chi connectivity index (χ0n) is 35.8. The van der Waals surface area contributed by atoms with Gasteiger partial charge in [-0.05, 0) is 96.5 Å². The van der Waals surface area contributed by atoms with Crippen LogP contribution in [0.4, 0.5) is 0 Å². The normalized spacial score (nSPS) is 11.6. The Morgan fingerprint density at radius 1 is 0.362 bits per heavy atom. The van der Waals surface area contributed by atoms with Gasteiger partial charge in [0, 0.05) is 16.5 Å². The summed E-state index contributed by atoms with van der Waals surface area (Å²) in [5.74, 6) is 3.19. The van der Waals surface area contributed by atoms with E-state index in [0.717, 1.165) is 45.3 Å². The van der Waals surface area contributed by atoms with Gasteiger partial charge in [0.25, 0.3) is 0 Å². The first-order chi connectivity index (χ1) is 27.5. The molecule has 0 N–H and O–H groups in total. The fourth-order valence-electron chi connectivity index (χ4n) is 6.14. The first-order valence-electron chi connectivity index (χ1n) is 20.1. The number of benzene rings is 4. The molecule has 58 heavy (non-hydrogen) atoms. The second-order valence-electron chi connectivity index (χ2n) is 13.9. The van der Waals surface area contributed by atoms with E-state index in [1.165, 1.54) is 82.0 Å². The number of methoxy groups -OCH3 is 4. The number of unbranched alkanes of at least 4 members (excludes halogenated alkanes) is 4. The van der Waals surface area contributed by atoms with E-state index >= 15 is 0 Å². The fraction of sp³-hybridized carbons (Fsp3) is 0.417. The Labute approximate surface area is 383 Å². The predicted molar refractivity (Wildman–Crippen MR) is 254 cm³/mol. The summed E-state index contributed by atoms with van der Waals surface area (Å²) in [5, 5.41) is 0. The van der Waals surface area contributed by atoms with Gasteiger partial charge in [-0.3, -0.25) is 0 Å². The van der Waals surface area contributed by atoms with Gasteiger partial charge in [0.15, 0.2) is 0 Å². The summed E-state index contributed by atoms with van der Waals surface area (Å²) in [5.41, 5.74) is 3.67. The van der Waals surface area contributed by atoms with Crippen LogP contribution in [0.2, 0.25) is 0 Å². The summed E-state index contributed by atoms with van der Waals surface area (Å²) in [7, 11) is 6.54. The first-order valence-corrected chi connectivity index (χ1v) is 21.8. The van der Waals surface area contributed by atoms with Gasteiger partial charge in [0.2, 0.25) is 0 Å². The Morgan fingerprint density at radius 3 is 0.672 bits per heavy atom. The molecule has 0 aliphatic rings. The van der Waals surface area contributed by atoms with Crippen LogP contribution in [0.25, 0.3) is 19.6 Å². The molecule has 4 rings (SSSR count). The van der Waals surface area contributed by atoms with Crippen LogP contribution < -0.4 is 18.9 Å². The van der Waals surface area contributed by atoms with Gasteiger partial charge >= 0.3 is 0 Å². The predicted octanol–water partition coefficient (Wildman–Crippen LogP) is 12.2. The molecular formula is C48H64NNiO4S4-3. The summed E-state index contributed by atoms with van der Waals surface area (Å²) in [4.78, 5) is 2.64. The van der Waals surface area contributed by atoms with Crippen LogP contribution in [0.15, 0.2) is 97.1 Å². The molecule has 0 aromatic heterocycles. The van der Waals surface area contributed by atoms with Gasteiger partial charge in [-0.25, -0.2) is 0 Å². The molecule has 0 unspecified atom stereocenters. The third kappa shape index (κ3) is 18.0. The standard InChI is InChI=1S/C16H36N.2C16H16O2S2.Ni/c1-5-9-13-17(14-10-6-2,15-11-7-3)16-12-8-4;2*1-17-13-7-3-11(4-8-13)15(19)16(20)12-5-9-14(18-2)10-6-12;/h5-16H2,1-4H3;2*3-10,19-20H,1-2H3;/q+1;;;/p-4/b;2*16-15+;. The molecule has 0 radical (unpaired) electrons. The van der Waals surface area contributed by atoms with Crippen LogP contribution in [0.3, 0.4) is 0 Å². The van der Waals surface area contributed by atoms with Crippen molar-refractivity contribution in [2.45, 2.75) is 79.1 Å². The van der Waals surface area contributed by atoms with E-state index < -0.39 is 0 Å². The van der Waals surface area contributed by atoms with E-state index in [1.54, 1.807) is 28.4 Å². The summed E-state index contributed by atoms with van der Waals surface area (Å²) < 4.78 is 21.9. The molecule has 322 valence electrons. The Morgan fingerprint density at radius 2 is 0.534 bits per heavy atom. The average molecular weight is 906 g/mol. The molecule has 0 fully saturated rings. The van der Waals surface area contributed by atoms with Crippen molar-refractivity contribution in [3.63, 3.8) is 0 Å². The number of nitrogens with zero attached hydrogens (tertiary/aromatic N) is 1. The average Bonchev–Trinajstić information content (AvgIpc) is 3.28. The van der Waals surface area contributed by atoms with E-state index in [9.17, 15) is 0 Å². The van der Waals surface area contributed by atoms with Crippen molar-refractivity contribution in [3.8, 4) is 23.0 Å². The maximum absolute atomic E-state index is 5.45. The summed E-state index contributed by atoms with van der Waals surface area (Å²) >= 11 is 21.8. The van der Waals surface area contributed by atoms with Crippen LogP contribution in [0.1, 0.15) is 101 Å². The van der Waals surface area contributed by atoms with Crippen molar-refractivity contribution < 1.29 is 39.9 Å². The van der Waals surface area contributed by atoms with Gasteiger partial charge in [-0.15, -0.1) is 0 Å². The minimum Gasteiger partial charge on any atom is -0.781 e. The van der Waals surface area contributed by atoms with Crippen molar-refractivity contribution in [1.29, 1.82) is 0 Å². The molecule has 0 aliphatic carbocycles. The molecule has 4 aromatic carbocycles. The Balaban J connectivity index is 0.000000434. The SMILES string of the molecule is CCCC[N+](CCCC)(CCCC)CCCC.COc1ccc(/C([S-])=C(\[S-])c2ccc(OC)cc2)cc1.COc1ccc(/C([S-])=C(\[S-])c2ccc(OC)cc2)cc1.[Ni]. The van der Waals surface area contributed by atoms with Crippen molar-refractivity contribution >= 4 is 70.1 Å². The quantitative estimate of drug-likeness (QED) is 0.0376. The van der Waals surface area contributed by atoms with E-state index in [4.69, 9.17) is 69.5 Å². The Kier molecular flexibility index (Phi) is 27.4. The number of hydrogen-bond donors (Lipinski definition) is 0. The monoisotopic (exact) mass is 904 g/mol. The van der Waals surface area contributed by atoms with Crippen LogP contribution in [-0.2, 0) is 67.0 Å². The number of rotatable bonds is 20. The van der Waals surface area contributed by atoms with Gasteiger partial charge in [0.05, 0.1) is 54.6 Å². The smallest absolute Gasteiger partial charge is 0.118 e. The summed E-state index contributed by atoms with van der Waals surface area (Å²) in [6, 6.07) is 30.3. The maximum Gasteiger partial charge on any atom is 0.118 e. The van der Waals surface area contributed by atoms with Gasteiger partial charge in [-0.2, -0.15) is 19.6 Å². The van der Waals surface area contributed by atoms with Crippen molar-refractivity contribution in [3.05, 3.63) is 119 Å². The molecule has 0 bridgehead atoms. The summed E-state index contributed by atoms with van der Waals surface area (Å²) in [6.07, 6.45) is 11.1. The van der Waals surface area contributed by atoms with Gasteiger partial charge < -0.3 is 73.9 Å². The molecule has 0 saturated carbocycles. The van der Waals surface area contributed by atoms with E-state index in [2.05, 4.69) is 27.7 Å². The molecule has 0 saturated heterocycles. The van der Waals surface area contributed by atoms with Crippen LogP contribution in [0.5, 0.6) is 23.0 Å².